The van der Waals surface area contributed by atoms with E-state index in [0.717, 1.165) is 16.2 Å². The quantitative estimate of drug-likeness (QED) is 0.313. The zero-order valence-electron chi connectivity index (χ0n) is 14.9. The minimum atomic E-state index is -4.25. The molecule has 0 aliphatic heterocycles. The fourth-order valence-corrected chi connectivity index (χ4v) is 3.41. The molecule has 0 bridgehead atoms. The van der Waals surface area contributed by atoms with Gasteiger partial charge >= 0.3 is 29.6 Å². The summed E-state index contributed by atoms with van der Waals surface area (Å²) in [6, 6.07) is 20.4. The van der Waals surface area contributed by atoms with Crippen molar-refractivity contribution >= 4 is 43.0 Å². The van der Waals surface area contributed by atoms with Crippen LogP contribution in [0.1, 0.15) is 0 Å². The largest absolute Gasteiger partial charge is 1.00 e. The average Bonchev–Trinajstić information content (AvgIpc) is 2.66. The molecule has 0 spiro atoms. The van der Waals surface area contributed by atoms with Gasteiger partial charge in [0.15, 0.2) is 0 Å². The Balaban J connectivity index is 0.00000225. The number of hydrogen-bond donors (Lipinski definition) is 2. The molecule has 0 saturated heterocycles. The third kappa shape index (κ3) is 4.09. The minimum absolute atomic E-state index is 0. The van der Waals surface area contributed by atoms with Crippen LogP contribution in [-0.2, 0) is 10.1 Å². The Bertz CT molecular complexity index is 1320. The van der Waals surface area contributed by atoms with Crippen LogP contribution in [0, 0.1) is 0 Å². The van der Waals surface area contributed by atoms with Gasteiger partial charge in [0.05, 0.1) is 10.6 Å². The molecule has 0 unspecified atom stereocenters. The molecule has 0 aliphatic carbocycles. The molecule has 4 aromatic rings. The van der Waals surface area contributed by atoms with Crippen LogP contribution < -0.4 is 29.6 Å². The maximum Gasteiger partial charge on any atom is 1.00 e. The summed E-state index contributed by atoms with van der Waals surface area (Å²) in [5, 5.41) is 21.7. The summed E-state index contributed by atoms with van der Waals surface area (Å²) in [6.45, 7) is 0. The number of aromatic hydroxyl groups is 1. The van der Waals surface area contributed by atoms with Gasteiger partial charge in [0.2, 0.25) is 0 Å². The number of rotatable bonds is 3. The molecular weight excluding hydrogens is 387 g/mol. The van der Waals surface area contributed by atoms with Crippen LogP contribution in [0.2, 0.25) is 0 Å². The van der Waals surface area contributed by atoms with Crippen molar-refractivity contribution in [3.63, 3.8) is 0 Å². The van der Waals surface area contributed by atoms with Gasteiger partial charge < -0.3 is 5.11 Å². The molecule has 8 heteroatoms. The van der Waals surface area contributed by atoms with Gasteiger partial charge in [-0.15, -0.1) is 5.11 Å². The van der Waals surface area contributed by atoms with Crippen molar-refractivity contribution in [3.05, 3.63) is 72.8 Å². The SMILES string of the molecule is O=S(=O)(O)c1ccc2cc(N=Nc3c(O)ccc4ccccc34)ccc2c1.[Na+]. The zero-order chi connectivity index (χ0) is 19.0. The summed E-state index contributed by atoms with van der Waals surface area (Å²) in [7, 11) is -4.25. The van der Waals surface area contributed by atoms with Crippen LogP contribution >= 0.6 is 0 Å². The van der Waals surface area contributed by atoms with Crippen molar-refractivity contribution in [2.75, 3.05) is 0 Å². The molecule has 0 saturated carbocycles. The van der Waals surface area contributed by atoms with Crippen LogP contribution in [0.3, 0.4) is 0 Å². The van der Waals surface area contributed by atoms with E-state index in [4.69, 9.17) is 4.55 Å². The van der Waals surface area contributed by atoms with Gasteiger partial charge in [0.1, 0.15) is 11.4 Å². The molecule has 0 radical (unpaired) electrons. The summed E-state index contributed by atoms with van der Waals surface area (Å²) in [6.07, 6.45) is 0. The summed E-state index contributed by atoms with van der Waals surface area (Å²) >= 11 is 0. The fourth-order valence-electron chi connectivity index (χ4n) is 2.89. The molecule has 0 heterocycles. The van der Waals surface area contributed by atoms with Gasteiger partial charge in [0, 0.05) is 5.39 Å². The third-order valence-corrected chi connectivity index (χ3v) is 5.09. The number of nitrogens with zero attached hydrogens (tertiary/aromatic N) is 2. The number of hydrogen-bond acceptors (Lipinski definition) is 5. The standard InChI is InChI=1S/C20H14N2O4S.Na/c23-19-10-7-13-3-1-2-4-18(13)20(19)22-21-16-8-5-15-12-17(27(24,25)26)9-6-14(15)11-16;/h1-12,23H,(H,24,25,26);/q;+1. The second kappa shape index (κ2) is 7.98. The first-order valence-corrected chi connectivity index (χ1v) is 9.50. The van der Waals surface area contributed by atoms with Crippen molar-refractivity contribution in [2.24, 2.45) is 10.2 Å². The van der Waals surface area contributed by atoms with Crippen molar-refractivity contribution in [3.8, 4) is 5.75 Å². The monoisotopic (exact) mass is 401 g/mol. The predicted octanol–water partition coefficient (Wildman–Crippen LogP) is 2.36. The van der Waals surface area contributed by atoms with Gasteiger partial charge in [0.25, 0.3) is 10.1 Å². The molecule has 4 aromatic carbocycles. The van der Waals surface area contributed by atoms with Crippen molar-refractivity contribution in [2.45, 2.75) is 4.90 Å². The van der Waals surface area contributed by atoms with Crippen molar-refractivity contribution in [1.82, 2.24) is 0 Å². The second-order valence-electron chi connectivity index (χ2n) is 6.02. The second-order valence-corrected chi connectivity index (χ2v) is 7.44. The van der Waals surface area contributed by atoms with Crippen LogP contribution in [-0.4, -0.2) is 18.1 Å². The molecule has 0 atom stereocenters. The minimum Gasteiger partial charge on any atom is -0.506 e. The number of phenolic OH excluding ortho intramolecular Hbond substituents is 1. The van der Waals surface area contributed by atoms with Crippen LogP contribution in [0.5, 0.6) is 5.75 Å². The Morgan fingerprint density at radius 2 is 1.43 bits per heavy atom. The van der Waals surface area contributed by atoms with E-state index in [2.05, 4.69) is 10.2 Å². The number of benzene rings is 4. The van der Waals surface area contributed by atoms with Gasteiger partial charge in [-0.1, -0.05) is 42.5 Å². The van der Waals surface area contributed by atoms with E-state index in [9.17, 15) is 13.5 Å². The van der Waals surface area contributed by atoms with Gasteiger partial charge in [-0.3, -0.25) is 4.55 Å². The molecule has 0 fully saturated rings. The topological polar surface area (TPSA) is 99.3 Å². The van der Waals surface area contributed by atoms with E-state index in [0.29, 0.717) is 16.8 Å². The van der Waals surface area contributed by atoms with Crippen molar-refractivity contribution in [1.29, 1.82) is 0 Å². The smallest absolute Gasteiger partial charge is 0.506 e. The average molecular weight is 401 g/mol. The van der Waals surface area contributed by atoms with Crippen molar-refractivity contribution < 1.29 is 47.6 Å². The van der Waals surface area contributed by atoms with E-state index < -0.39 is 10.1 Å². The van der Waals surface area contributed by atoms with Gasteiger partial charge in [-0.25, -0.2) is 0 Å². The molecule has 2 N–H and O–H groups in total. The maximum atomic E-state index is 11.2. The summed E-state index contributed by atoms with van der Waals surface area (Å²) in [5.74, 6) is 0.0380. The first-order chi connectivity index (χ1) is 12.9. The Morgan fingerprint density at radius 3 is 2.21 bits per heavy atom. The Kier molecular flexibility index (Phi) is 5.83. The summed E-state index contributed by atoms with van der Waals surface area (Å²) < 4.78 is 31.6. The molecule has 6 nitrogen and oxygen atoms in total. The van der Waals surface area contributed by atoms with E-state index in [1.807, 2.05) is 30.3 Å². The molecule has 134 valence electrons. The first kappa shape index (κ1) is 20.4. The predicted molar refractivity (Wildman–Crippen MR) is 104 cm³/mol. The van der Waals surface area contributed by atoms with E-state index in [1.54, 1.807) is 30.3 Å². The molecule has 0 aromatic heterocycles. The van der Waals surface area contributed by atoms with Gasteiger partial charge in [-0.05, 0) is 46.5 Å². The number of fused-ring (bicyclic) bond motifs is 2. The first-order valence-electron chi connectivity index (χ1n) is 8.05. The maximum absolute atomic E-state index is 11.2. The number of phenols is 1. The summed E-state index contributed by atoms with van der Waals surface area (Å²) in [5.41, 5.74) is 0.935. The normalized spacial score (nSPS) is 11.8. The fraction of sp³-hybridized carbons (Fsp3) is 0. The zero-order valence-corrected chi connectivity index (χ0v) is 17.8. The van der Waals surface area contributed by atoms with E-state index in [-0.39, 0.29) is 40.2 Å². The van der Waals surface area contributed by atoms with E-state index in [1.165, 1.54) is 12.1 Å². The molecule has 0 amide bonds. The van der Waals surface area contributed by atoms with Crippen LogP contribution in [0.4, 0.5) is 11.4 Å². The molecule has 4 rings (SSSR count). The Labute approximate surface area is 183 Å². The van der Waals surface area contributed by atoms with E-state index >= 15 is 0 Å². The van der Waals surface area contributed by atoms with Crippen LogP contribution in [0.25, 0.3) is 21.5 Å². The summed E-state index contributed by atoms with van der Waals surface area (Å²) in [4.78, 5) is -0.162. The Hall–Kier alpha value is -2.29. The van der Waals surface area contributed by atoms with Gasteiger partial charge in [-0.2, -0.15) is 13.5 Å². The molecule has 28 heavy (non-hydrogen) atoms. The number of azo groups is 1. The Morgan fingerprint density at radius 1 is 0.750 bits per heavy atom. The third-order valence-electron chi connectivity index (χ3n) is 4.24. The molecule has 0 aliphatic rings. The van der Waals surface area contributed by atoms with Crippen LogP contribution in [0.15, 0.2) is 87.9 Å². The molecular formula is C20H14N2NaO4S+.